The standard InChI is InChI=1S/C13H21N3/c1-3-16-10-5-4-8-12(16)11-7-6-9-15-13(11)14-2/h6-7,9,12H,3-5,8,10H2,1-2H3,(H,14,15)/t12-/m0/s1. The largest absolute Gasteiger partial charge is 0.373 e. The van der Waals surface area contributed by atoms with Crippen LogP contribution < -0.4 is 5.32 Å². The van der Waals surface area contributed by atoms with Crippen LogP contribution in [-0.4, -0.2) is 30.0 Å². The third kappa shape index (κ3) is 2.19. The highest BCUT2D eigenvalue weighted by molar-refractivity contribution is 5.45. The molecule has 1 aromatic heterocycles. The van der Waals surface area contributed by atoms with E-state index in [9.17, 15) is 0 Å². The van der Waals surface area contributed by atoms with Crippen molar-refractivity contribution in [3.63, 3.8) is 0 Å². The van der Waals surface area contributed by atoms with E-state index in [1.807, 2.05) is 19.3 Å². The molecule has 1 fully saturated rings. The normalized spacial score (nSPS) is 22.0. The molecule has 2 rings (SSSR count). The summed E-state index contributed by atoms with van der Waals surface area (Å²) >= 11 is 0. The van der Waals surface area contributed by atoms with E-state index in [4.69, 9.17) is 0 Å². The number of likely N-dealkylation sites (tertiary alicyclic amines) is 1. The highest BCUT2D eigenvalue weighted by atomic mass is 15.2. The number of hydrogen-bond donors (Lipinski definition) is 1. The third-order valence-corrected chi connectivity index (χ3v) is 3.45. The molecule has 1 N–H and O–H groups in total. The number of hydrogen-bond acceptors (Lipinski definition) is 3. The van der Waals surface area contributed by atoms with Gasteiger partial charge in [-0.2, -0.15) is 0 Å². The molecule has 0 bridgehead atoms. The van der Waals surface area contributed by atoms with Crippen LogP contribution in [0.25, 0.3) is 0 Å². The second-order valence-corrected chi connectivity index (χ2v) is 4.33. The van der Waals surface area contributed by atoms with E-state index < -0.39 is 0 Å². The molecule has 0 amide bonds. The average Bonchev–Trinajstić information content (AvgIpc) is 2.38. The van der Waals surface area contributed by atoms with Gasteiger partial charge in [0.05, 0.1) is 0 Å². The van der Waals surface area contributed by atoms with Crippen molar-refractivity contribution in [1.82, 2.24) is 9.88 Å². The number of anilines is 1. The fourth-order valence-electron chi connectivity index (χ4n) is 2.62. The van der Waals surface area contributed by atoms with E-state index in [1.165, 1.54) is 31.4 Å². The van der Waals surface area contributed by atoms with Gasteiger partial charge < -0.3 is 5.32 Å². The highest BCUT2D eigenvalue weighted by Gasteiger charge is 2.24. The Labute approximate surface area is 97.9 Å². The first kappa shape index (κ1) is 11.4. The lowest BCUT2D eigenvalue weighted by Crippen LogP contribution is -2.33. The monoisotopic (exact) mass is 219 g/mol. The molecule has 1 atom stereocenters. The third-order valence-electron chi connectivity index (χ3n) is 3.45. The van der Waals surface area contributed by atoms with Gasteiger partial charge in [-0.3, -0.25) is 4.90 Å². The lowest BCUT2D eigenvalue weighted by atomic mass is 9.95. The van der Waals surface area contributed by atoms with Crippen LogP contribution in [0.2, 0.25) is 0 Å². The minimum absolute atomic E-state index is 0.551. The van der Waals surface area contributed by atoms with E-state index in [0.29, 0.717) is 6.04 Å². The van der Waals surface area contributed by atoms with Crippen LogP contribution in [-0.2, 0) is 0 Å². The van der Waals surface area contributed by atoms with Crippen molar-refractivity contribution in [2.45, 2.75) is 32.2 Å². The number of nitrogens with zero attached hydrogens (tertiary/aromatic N) is 2. The molecule has 88 valence electrons. The molecule has 3 nitrogen and oxygen atoms in total. The summed E-state index contributed by atoms with van der Waals surface area (Å²) in [5.41, 5.74) is 1.35. The smallest absolute Gasteiger partial charge is 0.130 e. The molecule has 0 unspecified atom stereocenters. The zero-order valence-electron chi connectivity index (χ0n) is 10.2. The van der Waals surface area contributed by atoms with Gasteiger partial charge >= 0.3 is 0 Å². The van der Waals surface area contributed by atoms with Gasteiger partial charge in [0.1, 0.15) is 5.82 Å². The SMILES string of the molecule is CCN1CCCC[C@H]1c1cccnc1NC. The summed E-state index contributed by atoms with van der Waals surface area (Å²) in [6.45, 7) is 4.59. The molecule has 1 aromatic rings. The zero-order chi connectivity index (χ0) is 11.4. The van der Waals surface area contributed by atoms with Gasteiger partial charge in [0.2, 0.25) is 0 Å². The minimum Gasteiger partial charge on any atom is -0.373 e. The van der Waals surface area contributed by atoms with Gasteiger partial charge in [-0.05, 0) is 32.0 Å². The molecule has 16 heavy (non-hydrogen) atoms. The molecular weight excluding hydrogens is 198 g/mol. The first-order valence-corrected chi connectivity index (χ1v) is 6.23. The predicted octanol–water partition coefficient (Wildman–Crippen LogP) is 2.67. The van der Waals surface area contributed by atoms with Crippen LogP contribution >= 0.6 is 0 Å². The van der Waals surface area contributed by atoms with E-state index >= 15 is 0 Å². The molecule has 0 saturated carbocycles. The van der Waals surface area contributed by atoms with Crippen molar-refractivity contribution in [2.75, 3.05) is 25.5 Å². The van der Waals surface area contributed by atoms with Crippen LogP contribution in [0.5, 0.6) is 0 Å². The predicted molar refractivity (Wildman–Crippen MR) is 67.6 cm³/mol. The highest BCUT2D eigenvalue weighted by Crippen LogP contribution is 2.33. The second-order valence-electron chi connectivity index (χ2n) is 4.33. The molecule has 1 saturated heterocycles. The van der Waals surface area contributed by atoms with Crippen LogP contribution in [0, 0.1) is 0 Å². The Balaban J connectivity index is 2.26. The first-order valence-electron chi connectivity index (χ1n) is 6.23. The number of pyridine rings is 1. The van der Waals surface area contributed by atoms with E-state index in [2.05, 4.69) is 28.2 Å². The first-order chi connectivity index (χ1) is 7.86. The molecule has 1 aliphatic heterocycles. The lowest BCUT2D eigenvalue weighted by molar-refractivity contribution is 0.157. The van der Waals surface area contributed by atoms with Crippen LogP contribution in [0.3, 0.4) is 0 Å². The van der Waals surface area contributed by atoms with Gasteiger partial charge in [0.25, 0.3) is 0 Å². The van der Waals surface area contributed by atoms with Crippen molar-refractivity contribution in [3.8, 4) is 0 Å². The second kappa shape index (κ2) is 5.30. The van der Waals surface area contributed by atoms with Crippen molar-refractivity contribution in [1.29, 1.82) is 0 Å². The zero-order valence-corrected chi connectivity index (χ0v) is 10.2. The maximum absolute atomic E-state index is 4.40. The maximum atomic E-state index is 4.40. The molecule has 0 aliphatic carbocycles. The number of nitrogens with one attached hydrogen (secondary N) is 1. The van der Waals surface area contributed by atoms with Crippen LogP contribution in [0.1, 0.15) is 37.8 Å². The Morgan fingerprint density at radius 2 is 2.38 bits per heavy atom. The van der Waals surface area contributed by atoms with Crippen LogP contribution in [0.15, 0.2) is 18.3 Å². The van der Waals surface area contributed by atoms with Crippen molar-refractivity contribution >= 4 is 5.82 Å². The van der Waals surface area contributed by atoms with E-state index in [0.717, 1.165) is 12.4 Å². The van der Waals surface area contributed by atoms with Crippen molar-refractivity contribution < 1.29 is 0 Å². The number of aromatic nitrogens is 1. The molecule has 2 heterocycles. The van der Waals surface area contributed by atoms with Gasteiger partial charge in [0.15, 0.2) is 0 Å². The van der Waals surface area contributed by atoms with Gasteiger partial charge in [0, 0.05) is 24.8 Å². The van der Waals surface area contributed by atoms with Crippen molar-refractivity contribution in [3.05, 3.63) is 23.9 Å². The summed E-state index contributed by atoms with van der Waals surface area (Å²) < 4.78 is 0. The molecule has 0 spiro atoms. The quantitative estimate of drug-likeness (QED) is 0.847. The Morgan fingerprint density at radius 3 is 3.12 bits per heavy atom. The lowest BCUT2D eigenvalue weighted by Gasteiger charge is -2.35. The maximum Gasteiger partial charge on any atom is 0.130 e. The fraction of sp³-hybridized carbons (Fsp3) is 0.615. The summed E-state index contributed by atoms with van der Waals surface area (Å²) in [5, 5.41) is 3.20. The Bertz CT molecular complexity index is 338. The summed E-state index contributed by atoms with van der Waals surface area (Å²) in [7, 11) is 1.95. The Hall–Kier alpha value is -1.09. The summed E-state index contributed by atoms with van der Waals surface area (Å²) in [4.78, 5) is 6.96. The summed E-state index contributed by atoms with van der Waals surface area (Å²) in [6.07, 6.45) is 5.78. The Kier molecular flexibility index (Phi) is 3.78. The molecule has 3 heteroatoms. The summed E-state index contributed by atoms with van der Waals surface area (Å²) in [6, 6.07) is 4.80. The number of piperidine rings is 1. The summed E-state index contributed by atoms with van der Waals surface area (Å²) in [5.74, 6) is 1.04. The van der Waals surface area contributed by atoms with Gasteiger partial charge in [-0.1, -0.05) is 19.4 Å². The van der Waals surface area contributed by atoms with Crippen molar-refractivity contribution in [2.24, 2.45) is 0 Å². The molecular formula is C13H21N3. The topological polar surface area (TPSA) is 28.2 Å². The fourth-order valence-corrected chi connectivity index (χ4v) is 2.62. The molecule has 0 aromatic carbocycles. The molecule has 0 radical (unpaired) electrons. The minimum atomic E-state index is 0.551. The van der Waals surface area contributed by atoms with E-state index in [-0.39, 0.29) is 0 Å². The number of rotatable bonds is 3. The van der Waals surface area contributed by atoms with Gasteiger partial charge in [-0.25, -0.2) is 4.98 Å². The van der Waals surface area contributed by atoms with Gasteiger partial charge in [-0.15, -0.1) is 0 Å². The van der Waals surface area contributed by atoms with E-state index in [1.54, 1.807) is 0 Å². The molecule has 1 aliphatic rings. The Morgan fingerprint density at radius 1 is 1.50 bits per heavy atom. The van der Waals surface area contributed by atoms with Crippen LogP contribution in [0.4, 0.5) is 5.82 Å². The average molecular weight is 219 g/mol.